The summed E-state index contributed by atoms with van der Waals surface area (Å²) in [4.78, 5) is 2.20. The molecule has 1 aromatic rings. The summed E-state index contributed by atoms with van der Waals surface area (Å²) in [5.74, 6) is 0.469. The largest absolute Gasteiger partial charge is 0.372 e. The van der Waals surface area contributed by atoms with Crippen LogP contribution in [0.2, 0.25) is 0 Å². The first-order valence-electron chi connectivity index (χ1n) is 5.19. The van der Waals surface area contributed by atoms with Crippen molar-refractivity contribution >= 4 is 30.1 Å². The molecule has 4 heteroatoms. The van der Waals surface area contributed by atoms with Crippen molar-refractivity contribution in [2.75, 3.05) is 32.1 Å². The number of hydrogen-bond acceptors (Lipinski definition) is 4. The van der Waals surface area contributed by atoms with Crippen LogP contribution in [0, 0.1) is 9.02 Å². The molecule has 0 bridgehead atoms. The Morgan fingerprint density at radius 1 is 1.27 bits per heavy atom. The van der Waals surface area contributed by atoms with Gasteiger partial charge in [0.25, 0.3) is 0 Å². The van der Waals surface area contributed by atoms with Gasteiger partial charge in [0.1, 0.15) is 0 Å². The second kappa shape index (κ2) is 5.14. The molecular weight excluding hydrogens is 224 g/mol. The zero-order valence-electron chi connectivity index (χ0n) is 9.76. The van der Waals surface area contributed by atoms with Gasteiger partial charge in [-0.25, -0.2) is 0 Å². The fraction of sp³-hybridized carbons (Fsp3) is 0.636. The van der Waals surface area contributed by atoms with Gasteiger partial charge in [0.2, 0.25) is 0 Å². The third kappa shape index (κ3) is 2.44. The summed E-state index contributed by atoms with van der Waals surface area (Å²) in [6.45, 7) is 6.25. The van der Waals surface area contributed by atoms with E-state index in [0.29, 0.717) is 5.92 Å². The minimum Gasteiger partial charge on any atom is -0.372 e. The van der Waals surface area contributed by atoms with E-state index in [1.54, 1.807) is 0 Å². The predicted octanol–water partition coefficient (Wildman–Crippen LogP) is 2.80. The molecule has 1 aromatic carbocycles. The Balaban J connectivity index is 2.90. The van der Waals surface area contributed by atoms with Gasteiger partial charge in [0, 0.05) is 20.1 Å². The average molecular weight is 242 g/mol. The van der Waals surface area contributed by atoms with Crippen molar-refractivity contribution < 1.29 is 0 Å². The molecule has 0 saturated carbocycles. The maximum absolute atomic E-state index is 5.29. The summed E-state index contributed by atoms with van der Waals surface area (Å²) >= 11 is 10.6. The lowest BCUT2D eigenvalue weighted by Crippen LogP contribution is -2.29. The van der Waals surface area contributed by atoms with E-state index in [1.165, 1.54) is 11.3 Å². The van der Waals surface area contributed by atoms with E-state index in [-0.39, 0.29) is 0 Å². The van der Waals surface area contributed by atoms with E-state index in [9.17, 15) is 0 Å². The van der Waals surface area contributed by atoms with E-state index in [0.717, 1.165) is 22.1 Å². The summed E-state index contributed by atoms with van der Waals surface area (Å²) in [6.07, 6.45) is 0. The van der Waals surface area contributed by atoms with Crippen LogP contribution in [0.5, 0.6) is 0 Å². The first-order chi connectivity index (χ1) is 7.00. The number of nitrogens with zero attached hydrogens (tertiary/aromatic N) is 1. The molecule has 0 saturated heterocycles. The highest BCUT2D eigenvalue weighted by molar-refractivity contribution is 7.74. The lowest BCUT2D eigenvalue weighted by molar-refractivity contribution is 0.753. The smallest absolute Gasteiger partial charge is 0.0798 e. The summed E-state index contributed by atoms with van der Waals surface area (Å²) in [5.41, 5.74) is 2.44. The minimum atomic E-state index is 0.469. The highest BCUT2D eigenvalue weighted by Gasteiger charge is 2.19. The molecule has 0 heterocycles. The molecule has 0 fully saturated rings. The Labute approximate surface area is 102 Å². The van der Waals surface area contributed by atoms with Gasteiger partial charge in [-0.3, -0.25) is 0 Å². The Morgan fingerprint density at radius 2 is 1.87 bits per heavy atom. The molecule has 1 rings (SSSR count). The van der Waals surface area contributed by atoms with Crippen molar-refractivity contribution in [1.82, 2.24) is 5.32 Å². The van der Waals surface area contributed by atoms with Crippen molar-refractivity contribution in [3.8, 4) is 0 Å². The van der Waals surface area contributed by atoms with Gasteiger partial charge < -0.3 is 10.2 Å². The molecule has 0 radical (unpaired) electrons. The molecular formula is C11H18N2S2. The first kappa shape index (κ1) is 12.7. The molecule has 84 valence electrons. The summed E-state index contributed by atoms with van der Waals surface area (Å²) < 4.78 is 1.76. The van der Waals surface area contributed by atoms with E-state index in [2.05, 4.69) is 31.1 Å². The molecule has 0 aliphatic carbocycles. The fourth-order valence-electron chi connectivity index (χ4n) is 1.70. The van der Waals surface area contributed by atoms with E-state index < -0.39 is 0 Å². The topological polar surface area (TPSA) is 15.3 Å². The average Bonchev–Trinajstić information content (AvgIpc) is 2.20. The standard InChI is InChI=1S/C11H18N2S2/c1-7(2)8-9(11(15)10(8)14)13(4)6-5-12-3/h7,12H,5-6H2,1-4H3. The number of rotatable bonds is 5. The van der Waals surface area contributed by atoms with E-state index >= 15 is 0 Å². The molecule has 2 nitrogen and oxygen atoms in total. The van der Waals surface area contributed by atoms with E-state index in [1.807, 2.05) is 7.05 Å². The molecule has 0 spiro atoms. The zero-order chi connectivity index (χ0) is 11.6. The second-order valence-electron chi connectivity index (χ2n) is 4.10. The lowest BCUT2D eigenvalue weighted by atomic mass is 9.96. The lowest BCUT2D eigenvalue weighted by Gasteiger charge is -2.27. The van der Waals surface area contributed by atoms with Gasteiger partial charge >= 0.3 is 0 Å². The molecule has 15 heavy (non-hydrogen) atoms. The fourth-order valence-corrected chi connectivity index (χ4v) is 2.51. The summed E-state index contributed by atoms with van der Waals surface area (Å²) in [7, 11) is 4.03. The third-order valence-corrected chi connectivity index (χ3v) is 3.53. The van der Waals surface area contributed by atoms with Gasteiger partial charge in [0.15, 0.2) is 0 Å². The molecule has 0 aliphatic rings. The number of nitrogens with one attached hydrogen (secondary N) is 1. The van der Waals surface area contributed by atoms with Gasteiger partial charge in [-0.2, -0.15) is 0 Å². The Morgan fingerprint density at radius 3 is 2.33 bits per heavy atom. The number of hydrogen-bond donors (Lipinski definition) is 1. The van der Waals surface area contributed by atoms with E-state index in [4.69, 9.17) is 24.4 Å². The molecule has 0 aromatic heterocycles. The Hall–Kier alpha value is -0.320. The van der Waals surface area contributed by atoms with Crippen LogP contribution < -0.4 is 10.2 Å². The van der Waals surface area contributed by atoms with Crippen molar-refractivity contribution in [3.05, 3.63) is 14.6 Å². The van der Waals surface area contributed by atoms with Crippen LogP contribution in [-0.2, 0) is 0 Å². The SMILES string of the molecule is CNCCN(C)c1c(C(C)C)c(=S)c1=S. The summed E-state index contributed by atoms with van der Waals surface area (Å²) in [5, 5.41) is 3.13. The van der Waals surface area contributed by atoms with Gasteiger partial charge in [-0.05, 0) is 18.5 Å². The number of likely N-dealkylation sites (N-methyl/N-ethyl adjacent to an activating group) is 2. The highest BCUT2D eigenvalue weighted by atomic mass is 32.1. The highest BCUT2D eigenvalue weighted by Crippen LogP contribution is 2.35. The van der Waals surface area contributed by atoms with Gasteiger partial charge in [0.05, 0.1) is 14.7 Å². The van der Waals surface area contributed by atoms with Crippen LogP contribution in [0.25, 0.3) is 0 Å². The predicted molar refractivity (Wildman–Crippen MR) is 71.8 cm³/mol. The van der Waals surface area contributed by atoms with Crippen LogP contribution >= 0.6 is 24.4 Å². The first-order valence-corrected chi connectivity index (χ1v) is 6.01. The maximum Gasteiger partial charge on any atom is 0.0798 e. The Kier molecular flexibility index (Phi) is 4.37. The van der Waals surface area contributed by atoms with Crippen molar-refractivity contribution in [2.24, 2.45) is 0 Å². The van der Waals surface area contributed by atoms with Crippen LogP contribution in [0.4, 0.5) is 5.69 Å². The molecule has 0 unspecified atom stereocenters. The molecule has 0 aliphatic heterocycles. The van der Waals surface area contributed by atoms with Crippen molar-refractivity contribution in [1.29, 1.82) is 0 Å². The van der Waals surface area contributed by atoms with Crippen LogP contribution in [0.15, 0.2) is 0 Å². The Bertz CT molecular complexity index is 403. The van der Waals surface area contributed by atoms with Crippen LogP contribution in [0.3, 0.4) is 0 Å². The van der Waals surface area contributed by atoms with Gasteiger partial charge in [-0.1, -0.05) is 38.3 Å². The minimum absolute atomic E-state index is 0.469. The van der Waals surface area contributed by atoms with Crippen LogP contribution in [0.1, 0.15) is 25.3 Å². The van der Waals surface area contributed by atoms with Crippen LogP contribution in [-0.4, -0.2) is 27.2 Å². The molecule has 0 amide bonds. The number of anilines is 1. The maximum atomic E-state index is 5.29. The zero-order valence-corrected chi connectivity index (χ0v) is 11.4. The second-order valence-corrected chi connectivity index (χ2v) is 4.92. The van der Waals surface area contributed by atoms with Crippen molar-refractivity contribution in [2.45, 2.75) is 19.8 Å². The monoisotopic (exact) mass is 242 g/mol. The quantitative estimate of drug-likeness (QED) is 0.798. The molecule has 0 atom stereocenters. The normalized spacial score (nSPS) is 11.3. The summed E-state index contributed by atoms with van der Waals surface area (Å²) in [6, 6.07) is 0. The van der Waals surface area contributed by atoms with Crippen molar-refractivity contribution in [3.63, 3.8) is 0 Å². The third-order valence-electron chi connectivity index (χ3n) is 2.58. The van der Waals surface area contributed by atoms with Gasteiger partial charge in [-0.15, -0.1) is 0 Å². The molecule has 1 N–H and O–H groups in total.